The first-order chi connectivity index (χ1) is 9.97. The summed E-state index contributed by atoms with van der Waals surface area (Å²) in [6, 6.07) is 6.27. The van der Waals surface area contributed by atoms with Gasteiger partial charge in [0.25, 0.3) is 0 Å². The van der Waals surface area contributed by atoms with E-state index >= 15 is 0 Å². The maximum absolute atomic E-state index is 11.8. The van der Waals surface area contributed by atoms with Gasteiger partial charge in [0.1, 0.15) is 0 Å². The lowest BCUT2D eigenvalue weighted by Gasteiger charge is -2.11. The smallest absolute Gasteiger partial charge is 0.338 e. The van der Waals surface area contributed by atoms with Crippen LogP contribution in [0.1, 0.15) is 24.2 Å². The van der Waals surface area contributed by atoms with Gasteiger partial charge < -0.3 is 10.1 Å². The van der Waals surface area contributed by atoms with Gasteiger partial charge in [0, 0.05) is 11.9 Å². The molecule has 1 unspecified atom stereocenters. The summed E-state index contributed by atoms with van der Waals surface area (Å²) in [5.74, 6) is -0.802. The van der Waals surface area contributed by atoms with Gasteiger partial charge >= 0.3 is 12.0 Å². The number of esters is 1. The highest BCUT2D eigenvalue weighted by Crippen LogP contribution is 2.24. The number of urea groups is 1. The van der Waals surface area contributed by atoms with Crippen molar-refractivity contribution >= 4 is 29.7 Å². The van der Waals surface area contributed by atoms with Crippen LogP contribution in [-0.2, 0) is 9.53 Å². The van der Waals surface area contributed by atoms with Crippen LogP contribution in [0.25, 0.3) is 0 Å². The maximum Gasteiger partial charge on any atom is 0.338 e. The minimum atomic E-state index is -0.548. The summed E-state index contributed by atoms with van der Waals surface area (Å²) in [6.07, 6.45) is 0. The molecule has 3 amide bonds. The maximum atomic E-state index is 11.8. The second-order valence-corrected chi connectivity index (χ2v) is 5.49. The van der Waals surface area contributed by atoms with E-state index in [0.29, 0.717) is 12.2 Å². The van der Waals surface area contributed by atoms with E-state index in [1.807, 2.05) is 0 Å². The summed E-state index contributed by atoms with van der Waals surface area (Å²) >= 11 is 1.25. The Bertz CT molecular complexity index is 533. The van der Waals surface area contributed by atoms with Crippen LogP contribution in [0.5, 0.6) is 0 Å². The molecule has 1 rings (SSSR count). The summed E-state index contributed by atoms with van der Waals surface area (Å²) < 4.78 is 4.92. The zero-order chi connectivity index (χ0) is 15.8. The molecule has 0 spiro atoms. The van der Waals surface area contributed by atoms with Crippen molar-refractivity contribution in [1.29, 1.82) is 0 Å². The molecule has 0 fully saturated rings. The first-order valence-electron chi connectivity index (χ1n) is 6.44. The Hall–Kier alpha value is -2.02. The summed E-state index contributed by atoms with van der Waals surface area (Å²) in [4.78, 5) is 35.2. The third-order valence-electron chi connectivity index (χ3n) is 2.49. The highest BCUT2D eigenvalue weighted by Gasteiger charge is 2.17. The fourth-order valence-corrected chi connectivity index (χ4v) is 2.37. The van der Waals surface area contributed by atoms with Gasteiger partial charge in [-0.3, -0.25) is 10.1 Å². The number of benzene rings is 1. The zero-order valence-corrected chi connectivity index (χ0v) is 13.0. The second kappa shape index (κ2) is 8.31. The summed E-state index contributed by atoms with van der Waals surface area (Å²) in [7, 11) is 1.43. The van der Waals surface area contributed by atoms with Crippen LogP contribution < -0.4 is 10.6 Å². The number of carbonyl (C=O) groups is 3. The molecule has 21 heavy (non-hydrogen) atoms. The Morgan fingerprint density at radius 1 is 1.33 bits per heavy atom. The number of hydrogen-bond donors (Lipinski definition) is 2. The molecule has 0 radical (unpaired) electrons. The van der Waals surface area contributed by atoms with E-state index in [1.54, 1.807) is 38.1 Å². The fraction of sp³-hybridized carbons (Fsp3) is 0.357. The number of rotatable bonds is 5. The predicted octanol–water partition coefficient (Wildman–Crippen LogP) is 1.80. The average molecular weight is 310 g/mol. The molecule has 0 aromatic heterocycles. The second-order valence-electron chi connectivity index (χ2n) is 4.08. The molecule has 2 N–H and O–H groups in total. The molecule has 7 heteroatoms. The molecule has 114 valence electrons. The van der Waals surface area contributed by atoms with E-state index in [9.17, 15) is 14.4 Å². The van der Waals surface area contributed by atoms with Gasteiger partial charge in [-0.15, -0.1) is 11.8 Å². The number of amides is 3. The van der Waals surface area contributed by atoms with Crippen LogP contribution in [0.2, 0.25) is 0 Å². The van der Waals surface area contributed by atoms with E-state index < -0.39 is 23.2 Å². The largest absolute Gasteiger partial charge is 0.462 e. The van der Waals surface area contributed by atoms with E-state index in [-0.39, 0.29) is 0 Å². The molecular weight excluding hydrogens is 292 g/mol. The number of thioether (sulfide) groups is 1. The van der Waals surface area contributed by atoms with Crippen LogP contribution in [0.3, 0.4) is 0 Å². The quantitative estimate of drug-likeness (QED) is 0.640. The third-order valence-corrected chi connectivity index (χ3v) is 3.58. The number of ether oxygens (including phenoxy) is 1. The van der Waals surface area contributed by atoms with Crippen molar-refractivity contribution < 1.29 is 19.1 Å². The molecule has 0 bridgehead atoms. The van der Waals surface area contributed by atoms with Crippen molar-refractivity contribution in [3.8, 4) is 0 Å². The van der Waals surface area contributed by atoms with Crippen molar-refractivity contribution in [2.45, 2.75) is 24.0 Å². The Morgan fingerprint density at radius 2 is 2.05 bits per heavy atom. The fourth-order valence-electron chi connectivity index (χ4n) is 1.44. The number of hydrogen-bond acceptors (Lipinski definition) is 5. The minimum Gasteiger partial charge on any atom is -0.462 e. The molecule has 1 aromatic rings. The van der Waals surface area contributed by atoms with Crippen molar-refractivity contribution in [3.05, 3.63) is 29.8 Å². The predicted molar refractivity (Wildman–Crippen MR) is 80.3 cm³/mol. The van der Waals surface area contributed by atoms with Crippen molar-refractivity contribution in [3.63, 3.8) is 0 Å². The van der Waals surface area contributed by atoms with Gasteiger partial charge in [-0.25, -0.2) is 9.59 Å². The van der Waals surface area contributed by atoms with Gasteiger partial charge in [-0.1, -0.05) is 6.07 Å². The van der Waals surface area contributed by atoms with Crippen molar-refractivity contribution in [2.75, 3.05) is 13.7 Å². The molecule has 0 aliphatic carbocycles. The SMILES string of the molecule is CCOC(=O)c1cccc(SC(C)C(=O)NC(=O)NC)c1. The summed E-state index contributed by atoms with van der Waals surface area (Å²) in [5.41, 5.74) is 0.431. The number of carbonyl (C=O) groups excluding carboxylic acids is 3. The Balaban J connectivity index is 2.70. The number of imide groups is 1. The van der Waals surface area contributed by atoms with Crippen LogP contribution in [0.15, 0.2) is 29.2 Å². The highest BCUT2D eigenvalue weighted by molar-refractivity contribution is 8.00. The Kier molecular flexibility index (Phi) is 6.74. The monoisotopic (exact) mass is 310 g/mol. The standard InChI is InChI=1S/C14H18N2O4S/c1-4-20-13(18)10-6-5-7-11(8-10)21-9(2)12(17)16-14(19)15-3/h5-9H,4H2,1-3H3,(H2,15,16,17,19). The first kappa shape index (κ1) is 17.0. The summed E-state index contributed by atoms with van der Waals surface area (Å²) in [6.45, 7) is 3.73. The zero-order valence-electron chi connectivity index (χ0n) is 12.1. The van der Waals surface area contributed by atoms with E-state index in [4.69, 9.17) is 4.74 Å². The lowest BCUT2D eigenvalue weighted by Crippen LogP contribution is -2.41. The number of nitrogens with one attached hydrogen (secondary N) is 2. The third kappa shape index (κ3) is 5.47. The van der Waals surface area contributed by atoms with Crippen LogP contribution in [-0.4, -0.2) is 36.8 Å². The molecule has 0 heterocycles. The minimum absolute atomic E-state index is 0.307. The van der Waals surface area contributed by atoms with Crippen molar-refractivity contribution in [1.82, 2.24) is 10.6 Å². The van der Waals surface area contributed by atoms with Gasteiger partial charge in [-0.2, -0.15) is 0 Å². The van der Waals surface area contributed by atoms with Crippen LogP contribution in [0.4, 0.5) is 4.79 Å². The molecule has 0 aliphatic rings. The average Bonchev–Trinajstić information content (AvgIpc) is 2.47. The molecule has 0 saturated heterocycles. The Morgan fingerprint density at radius 3 is 2.67 bits per heavy atom. The van der Waals surface area contributed by atoms with Gasteiger partial charge in [-0.05, 0) is 32.0 Å². The van der Waals surface area contributed by atoms with Crippen LogP contribution in [0, 0.1) is 0 Å². The lowest BCUT2D eigenvalue weighted by atomic mass is 10.2. The van der Waals surface area contributed by atoms with Crippen molar-refractivity contribution in [2.24, 2.45) is 0 Å². The molecule has 1 atom stereocenters. The van der Waals surface area contributed by atoms with Gasteiger partial charge in [0.15, 0.2) is 0 Å². The highest BCUT2D eigenvalue weighted by atomic mass is 32.2. The van der Waals surface area contributed by atoms with Gasteiger partial charge in [0.2, 0.25) is 5.91 Å². The van der Waals surface area contributed by atoms with E-state index in [1.165, 1.54) is 18.8 Å². The normalized spacial score (nSPS) is 11.4. The molecule has 0 saturated carbocycles. The summed E-state index contributed by atoms with van der Waals surface area (Å²) in [5, 5.41) is 4.04. The lowest BCUT2D eigenvalue weighted by molar-refractivity contribution is -0.119. The van der Waals surface area contributed by atoms with Gasteiger partial charge in [0.05, 0.1) is 17.4 Å². The molecule has 0 aliphatic heterocycles. The molecule has 1 aromatic carbocycles. The molecular formula is C14H18N2O4S. The Labute approximate surface area is 127 Å². The van der Waals surface area contributed by atoms with E-state index in [0.717, 1.165) is 4.90 Å². The molecule has 6 nitrogen and oxygen atoms in total. The first-order valence-corrected chi connectivity index (χ1v) is 7.32. The topological polar surface area (TPSA) is 84.5 Å². The van der Waals surface area contributed by atoms with Crippen LogP contribution >= 0.6 is 11.8 Å². The van der Waals surface area contributed by atoms with E-state index in [2.05, 4.69) is 10.6 Å².